The maximum Gasteiger partial charge on any atom is 0.340 e. The van der Waals surface area contributed by atoms with Crippen molar-refractivity contribution in [3.05, 3.63) is 77.9 Å². The predicted octanol–water partition coefficient (Wildman–Crippen LogP) is 5.37. The number of halogens is 2. The Morgan fingerprint density at radius 3 is 1.89 bits per heavy atom. The lowest BCUT2D eigenvalue weighted by atomic mass is 9.97. The van der Waals surface area contributed by atoms with Crippen LogP contribution in [0.5, 0.6) is 0 Å². The summed E-state index contributed by atoms with van der Waals surface area (Å²) in [6, 6.07) is 20.3. The standard InChI is InChI=1S/C20H25Cl2N2O2P/c21-13-15-24(16-14-22)27(23,25)26-17-7-12-20(18-8-3-1-4-9-18)19-10-5-2-6-11-19/h1-6,8-12H,7,13-17H2,(H2,23,25)/t27-/m1/s1. The molecular formula is C20H25Cl2N2O2P. The predicted molar refractivity (Wildman–Crippen MR) is 115 cm³/mol. The van der Waals surface area contributed by atoms with Gasteiger partial charge in [-0.3, -0.25) is 4.57 Å². The minimum atomic E-state index is -3.40. The Balaban J connectivity index is 2.07. The van der Waals surface area contributed by atoms with Crippen LogP contribution in [0.25, 0.3) is 5.57 Å². The highest BCUT2D eigenvalue weighted by Gasteiger charge is 2.26. The van der Waals surface area contributed by atoms with Crippen LogP contribution < -0.4 is 5.50 Å². The van der Waals surface area contributed by atoms with Gasteiger partial charge in [0.1, 0.15) is 0 Å². The Morgan fingerprint density at radius 1 is 0.963 bits per heavy atom. The number of benzene rings is 2. The first kappa shape index (κ1) is 22.2. The highest BCUT2D eigenvalue weighted by molar-refractivity contribution is 7.53. The molecule has 0 bridgehead atoms. The minimum Gasteiger partial charge on any atom is -0.306 e. The van der Waals surface area contributed by atoms with Crippen molar-refractivity contribution in [3.63, 3.8) is 0 Å². The van der Waals surface area contributed by atoms with Gasteiger partial charge in [0.15, 0.2) is 0 Å². The molecule has 0 aromatic heterocycles. The van der Waals surface area contributed by atoms with Crippen LogP contribution in [-0.2, 0) is 9.09 Å². The third kappa shape index (κ3) is 7.08. The Bertz CT molecular complexity index is 710. The highest BCUT2D eigenvalue weighted by atomic mass is 35.5. The molecular weight excluding hydrogens is 402 g/mol. The fraction of sp³-hybridized carbons (Fsp3) is 0.300. The fourth-order valence-electron chi connectivity index (χ4n) is 2.69. The number of alkyl halides is 2. The van der Waals surface area contributed by atoms with Gasteiger partial charge in [-0.25, -0.2) is 10.2 Å². The van der Waals surface area contributed by atoms with Gasteiger partial charge in [-0.05, 0) is 23.1 Å². The molecule has 0 radical (unpaired) electrons. The normalized spacial score (nSPS) is 13.3. The van der Waals surface area contributed by atoms with Crippen LogP contribution in [0.3, 0.4) is 0 Å². The molecule has 146 valence electrons. The van der Waals surface area contributed by atoms with Crippen LogP contribution in [0.2, 0.25) is 0 Å². The van der Waals surface area contributed by atoms with Crippen molar-refractivity contribution in [2.24, 2.45) is 5.50 Å². The molecule has 2 rings (SSSR count). The van der Waals surface area contributed by atoms with Gasteiger partial charge >= 0.3 is 7.67 Å². The van der Waals surface area contributed by atoms with Gasteiger partial charge < -0.3 is 4.52 Å². The highest BCUT2D eigenvalue weighted by Crippen LogP contribution is 2.42. The second-order valence-electron chi connectivity index (χ2n) is 5.87. The molecule has 2 N–H and O–H groups in total. The Hall–Kier alpha value is -1.13. The average molecular weight is 427 g/mol. The first-order valence-corrected chi connectivity index (χ1v) is 11.5. The zero-order valence-corrected chi connectivity index (χ0v) is 17.5. The molecule has 0 amide bonds. The Morgan fingerprint density at radius 2 is 1.44 bits per heavy atom. The van der Waals surface area contributed by atoms with E-state index in [1.54, 1.807) is 0 Å². The number of hydrogen-bond acceptors (Lipinski definition) is 2. The number of rotatable bonds is 11. The largest absolute Gasteiger partial charge is 0.340 e. The lowest BCUT2D eigenvalue weighted by Crippen LogP contribution is -2.29. The van der Waals surface area contributed by atoms with Crippen LogP contribution in [0, 0.1) is 0 Å². The third-order valence-corrected chi connectivity index (χ3v) is 6.07. The molecule has 2 aromatic carbocycles. The molecule has 27 heavy (non-hydrogen) atoms. The summed E-state index contributed by atoms with van der Waals surface area (Å²) in [6.07, 6.45) is 2.66. The van der Waals surface area contributed by atoms with Crippen LogP contribution in [0.15, 0.2) is 66.7 Å². The van der Waals surface area contributed by atoms with Gasteiger partial charge in [0.25, 0.3) is 0 Å². The number of hydrogen-bond donors (Lipinski definition) is 1. The van der Waals surface area contributed by atoms with E-state index in [-0.39, 0.29) is 6.61 Å². The van der Waals surface area contributed by atoms with Crippen molar-refractivity contribution in [2.75, 3.05) is 31.5 Å². The monoisotopic (exact) mass is 426 g/mol. The quantitative estimate of drug-likeness (QED) is 0.298. The van der Waals surface area contributed by atoms with Gasteiger partial charge in [-0.1, -0.05) is 66.7 Å². The fourth-order valence-corrected chi connectivity index (χ4v) is 4.62. The molecule has 0 unspecified atom stereocenters. The van der Waals surface area contributed by atoms with Crippen molar-refractivity contribution in [1.82, 2.24) is 4.67 Å². The second-order valence-corrected chi connectivity index (χ2v) is 8.58. The van der Waals surface area contributed by atoms with Gasteiger partial charge in [-0.15, -0.1) is 23.2 Å². The lowest BCUT2D eigenvalue weighted by Gasteiger charge is -2.26. The van der Waals surface area contributed by atoms with E-state index in [2.05, 4.69) is 30.3 Å². The number of nitrogens with two attached hydrogens (primary N) is 1. The van der Waals surface area contributed by atoms with E-state index in [1.165, 1.54) is 4.67 Å². The molecule has 2 aromatic rings. The topological polar surface area (TPSA) is 55.6 Å². The molecule has 0 aliphatic heterocycles. The molecule has 0 saturated carbocycles. The first-order valence-electron chi connectivity index (χ1n) is 8.80. The van der Waals surface area contributed by atoms with E-state index in [1.807, 2.05) is 36.4 Å². The third-order valence-electron chi connectivity index (χ3n) is 3.99. The summed E-state index contributed by atoms with van der Waals surface area (Å²) in [6.45, 7) is 0.992. The molecule has 0 heterocycles. The lowest BCUT2D eigenvalue weighted by molar-refractivity contribution is 0.270. The van der Waals surface area contributed by atoms with E-state index in [4.69, 9.17) is 33.2 Å². The van der Waals surface area contributed by atoms with E-state index in [0.717, 1.165) is 16.7 Å². The molecule has 0 aliphatic carbocycles. The van der Waals surface area contributed by atoms with Crippen LogP contribution in [0.1, 0.15) is 17.5 Å². The first-order chi connectivity index (χ1) is 13.1. The smallest absolute Gasteiger partial charge is 0.306 e. The van der Waals surface area contributed by atoms with Gasteiger partial charge in [0, 0.05) is 24.8 Å². The van der Waals surface area contributed by atoms with Crippen LogP contribution in [0.4, 0.5) is 0 Å². The summed E-state index contributed by atoms with van der Waals surface area (Å²) in [4.78, 5) is 0. The van der Waals surface area contributed by atoms with Crippen molar-refractivity contribution < 1.29 is 9.09 Å². The zero-order valence-electron chi connectivity index (χ0n) is 15.1. The Kier molecular flexibility index (Phi) is 9.57. The van der Waals surface area contributed by atoms with Crippen molar-refractivity contribution >= 4 is 36.4 Å². The van der Waals surface area contributed by atoms with Gasteiger partial charge in [-0.2, -0.15) is 0 Å². The van der Waals surface area contributed by atoms with Gasteiger partial charge in [0.05, 0.1) is 6.61 Å². The summed E-state index contributed by atoms with van der Waals surface area (Å²) >= 11 is 11.5. The van der Waals surface area contributed by atoms with Crippen LogP contribution in [-0.4, -0.2) is 36.1 Å². The molecule has 7 heteroatoms. The maximum absolute atomic E-state index is 12.6. The minimum absolute atomic E-state index is 0.248. The molecule has 0 spiro atoms. The Labute approximate surface area is 171 Å². The van der Waals surface area contributed by atoms with E-state index in [0.29, 0.717) is 31.3 Å². The summed E-state index contributed by atoms with van der Waals surface area (Å²) < 4.78 is 19.7. The zero-order chi connectivity index (χ0) is 19.5. The average Bonchev–Trinajstić information content (AvgIpc) is 2.69. The summed E-state index contributed by atoms with van der Waals surface area (Å²) in [5, 5.41) is 0. The van der Waals surface area contributed by atoms with E-state index in [9.17, 15) is 4.57 Å². The van der Waals surface area contributed by atoms with Gasteiger partial charge in [0.2, 0.25) is 0 Å². The van der Waals surface area contributed by atoms with Crippen molar-refractivity contribution in [3.8, 4) is 0 Å². The second kappa shape index (κ2) is 11.7. The van der Waals surface area contributed by atoms with Crippen LogP contribution >= 0.6 is 30.9 Å². The maximum atomic E-state index is 12.6. The molecule has 0 saturated heterocycles. The molecule has 4 nitrogen and oxygen atoms in total. The summed E-state index contributed by atoms with van der Waals surface area (Å²) in [7, 11) is -3.40. The molecule has 0 fully saturated rings. The summed E-state index contributed by atoms with van der Waals surface area (Å²) in [5.74, 6) is 0.626. The van der Waals surface area contributed by atoms with E-state index >= 15 is 0 Å². The van der Waals surface area contributed by atoms with Crippen molar-refractivity contribution in [1.29, 1.82) is 0 Å². The SMILES string of the molecule is N[P@@](=O)(OCCC=C(c1ccccc1)c1ccccc1)N(CCCl)CCCl. The molecule has 0 aliphatic rings. The summed E-state index contributed by atoms with van der Waals surface area (Å²) in [5.41, 5.74) is 9.23. The molecule has 1 atom stereocenters. The van der Waals surface area contributed by atoms with E-state index < -0.39 is 7.67 Å². The number of nitrogens with zero attached hydrogens (tertiary/aromatic N) is 1. The van der Waals surface area contributed by atoms with Crippen molar-refractivity contribution in [2.45, 2.75) is 6.42 Å².